The van der Waals surface area contributed by atoms with Crippen LogP contribution >= 0.6 is 0 Å². The first kappa shape index (κ1) is 16.1. The molecule has 0 saturated heterocycles. The molecule has 2 aromatic carbocycles. The molecule has 3 heteroatoms. The number of carbonyl (C=O) groups is 1. The number of rotatable bonds is 6. The highest BCUT2D eigenvalue weighted by atomic mass is 16.5. The second-order valence-corrected chi connectivity index (χ2v) is 5.20. The standard InChI is InChI=1S/C19H23NO2/c1-4-18(22-16-12-7-6-8-13-16)19(21)20(5-2)17-14-10-9-11-15(17)3/h6-14,18H,4-5H2,1-3H3. The van der Waals surface area contributed by atoms with Gasteiger partial charge in [-0.3, -0.25) is 4.79 Å². The average Bonchev–Trinajstić information content (AvgIpc) is 2.56. The van der Waals surface area contributed by atoms with Gasteiger partial charge in [0.2, 0.25) is 0 Å². The lowest BCUT2D eigenvalue weighted by Crippen LogP contribution is -2.42. The Kier molecular flexibility index (Phi) is 5.59. The molecule has 0 bridgehead atoms. The van der Waals surface area contributed by atoms with Crippen LogP contribution in [0.2, 0.25) is 0 Å². The molecule has 0 aliphatic carbocycles. The number of aryl methyl sites for hydroxylation is 1. The molecule has 0 radical (unpaired) electrons. The highest BCUT2D eigenvalue weighted by Gasteiger charge is 2.25. The van der Waals surface area contributed by atoms with Gasteiger partial charge in [0.1, 0.15) is 5.75 Å². The van der Waals surface area contributed by atoms with Crippen LogP contribution in [-0.2, 0) is 4.79 Å². The molecule has 2 aromatic rings. The number of hydrogen-bond donors (Lipinski definition) is 0. The molecule has 1 atom stereocenters. The first-order valence-corrected chi connectivity index (χ1v) is 7.76. The Morgan fingerprint density at radius 2 is 1.68 bits per heavy atom. The third kappa shape index (κ3) is 3.67. The van der Waals surface area contributed by atoms with E-state index in [1.54, 1.807) is 4.90 Å². The van der Waals surface area contributed by atoms with E-state index in [-0.39, 0.29) is 5.91 Å². The van der Waals surface area contributed by atoms with Gasteiger partial charge < -0.3 is 9.64 Å². The van der Waals surface area contributed by atoms with Gasteiger partial charge in [-0.15, -0.1) is 0 Å². The lowest BCUT2D eigenvalue weighted by molar-refractivity contribution is -0.125. The number of amides is 1. The van der Waals surface area contributed by atoms with Gasteiger partial charge in [0, 0.05) is 12.2 Å². The predicted molar refractivity (Wildman–Crippen MR) is 90.4 cm³/mol. The minimum atomic E-state index is -0.470. The highest BCUT2D eigenvalue weighted by Crippen LogP contribution is 2.22. The van der Waals surface area contributed by atoms with Gasteiger partial charge in [0.05, 0.1) is 0 Å². The summed E-state index contributed by atoms with van der Waals surface area (Å²) in [5.41, 5.74) is 2.04. The fourth-order valence-corrected chi connectivity index (χ4v) is 2.46. The van der Waals surface area contributed by atoms with Crippen LogP contribution in [0.4, 0.5) is 5.69 Å². The lowest BCUT2D eigenvalue weighted by Gasteiger charge is -2.27. The van der Waals surface area contributed by atoms with Gasteiger partial charge in [0.15, 0.2) is 6.10 Å². The number of benzene rings is 2. The zero-order valence-corrected chi connectivity index (χ0v) is 13.5. The van der Waals surface area contributed by atoms with E-state index >= 15 is 0 Å². The zero-order valence-electron chi connectivity index (χ0n) is 13.5. The summed E-state index contributed by atoms with van der Waals surface area (Å²) in [4.78, 5) is 14.7. The summed E-state index contributed by atoms with van der Waals surface area (Å²) < 4.78 is 5.88. The molecule has 1 unspecified atom stereocenters. The SMILES string of the molecule is CCC(Oc1ccccc1)C(=O)N(CC)c1ccccc1C. The van der Waals surface area contributed by atoms with Crippen molar-refractivity contribution in [1.29, 1.82) is 0 Å². The molecule has 0 N–H and O–H groups in total. The van der Waals surface area contributed by atoms with Gasteiger partial charge in [-0.2, -0.15) is 0 Å². The molecular weight excluding hydrogens is 274 g/mol. The van der Waals surface area contributed by atoms with Gasteiger partial charge in [-0.05, 0) is 44.0 Å². The molecule has 2 rings (SSSR count). The first-order chi connectivity index (χ1) is 10.7. The average molecular weight is 297 g/mol. The topological polar surface area (TPSA) is 29.5 Å². The van der Waals surface area contributed by atoms with Crippen molar-refractivity contribution < 1.29 is 9.53 Å². The Bertz CT molecular complexity index is 610. The van der Waals surface area contributed by atoms with Gasteiger partial charge in [-0.25, -0.2) is 0 Å². The Labute approximate surface area is 132 Å². The van der Waals surface area contributed by atoms with Crippen molar-refractivity contribution in [3.05, 3.63) is 60.2 Å². The van der Waals surface area contributed by atoms with Crippen molar-refractivity contribution in [2.45, 2.75) is 33.3 Å². The van der Waals surface area contributed by atoms with E-state index in [1.165, 1.54) is 0 Å². The second kappa shape index (κ2) is 7.64. The van der Waals surface area contributed by atoms with Crippen molar-refractivity contribution in [3.8, 4) is 5.75 Å². The fourth-order valence-electron chi connectivity index (χ4n) is 2.46. The van der Waals surface area contributed by atoms with Crippen LogP contribution in [0.1, 0.15) is 25.8 Å². The van der Waals surface area contributed by atoms with E-state index < -0.39 is 6.10 Å². The van der Waals surface area contributed by atoms with Crippen molar-refractivity contribution in [2.24, 2.45) is 0 Å². The summed E-state index contributed by atoms with van der Waals surface area (Å²) in [5.74, 6) is 0.728. The zero-order chi connectivity index (χ0) is 15.9. The Morgan fingerprint density at radius 3 is 2.27 bits per heavy atom. The molecule has 0 saturated carbocycles. The van der Waals surface area contributed by atoms with Crippen LogP contribution in [0.5, 0.6) is 5.75 Å². The normalized spacial score (nSPS) is 11.8. The van der Waals surface area contributed by atoms with Crippen LogP contribution in [0, 0.1) is 6.92 Å². The molecule has 1 amide bonds. The maximum atomic E-state index is 12.9. The quantitative estimate of drug-likeness (QED) is 0.799. The molecule has 0 spiro atoms. The number of likely N-dealkylation sites (N-methyl/N-ethyl adjacent to an activating group) is 1. The monoisotopic (exact) mass is 297 g/mol. The van der Waals surface area contributed by atoms with E-state index in [0.29, 0.717) is 13.0 Å². The summed E-state index contributed by atoms with van der Waals surface area (Å²) in [5, 5.41) is 0. The van der Waals surface area contributed by atoms with Crippen molar-refractivity contribution in [2.75, 3.05) is 11.4 Å². The molecule has 0 fully saturated rings. The number of ether oxygens (including phenoxy) is 1. The Balaban J connectivity index is 2.21. The Morgan fingerprint density at radius 1 is 1.05 bits per heavy atom. The third-order valence-corrected chi connectivity index (χ3v) is 3.66. The van der Waals surface area contributed by atoms with E-state index in [1.807, 2.05) is 75.4 Å². The van der Waals surface area contributed by atoms with E-state index in [4.69, 9.17) is 4.74 Å². The molecular formula is C19H23NO2. The molecule has 0 heterocycles. The van der Waals surface area contributed by atoms with Crippen molar-refractivity contribution >= 4 is 11.6 Å². The minimum absolute atomic E-state index is 0.00292. The van der Waals surface area contributed by atoms with Gasteiger partial charge in [-0.1, -0.05) is 43.3 Å². The number of anilines is 1. The third-order valence-electron chi connectivity index (χ3n) is 3.66. The summed E-state index contributed by atoms with van der Waals surface area (Å²) in [6.45, 7) is 6.60. The highest BCUT2D eigenvalue weighted by molar-refractivity contribution is 5.97. The number of para-hydroxylation sites is 2. The molecule has 22 heavy (non-hydrogen) atoms. The van der Waals surface area contributed by atoms with Crippen LogP contribution < -0.4 is 9.64 Å². The summed E-state index contributed by atoms with van der Waals surface area (Å²) in [6, 6.07) is 17.4. The van der Waals surface area contributed by atoms with E-state index in [9.17, 15) is 4.79 Å². The molecule has 0 aliphatic rings. The number of hydrogen-bond acceptors (Lipinski definition) is 2. The molecule has 3 nitrogen and oxygen atoms in total. The van der Waals surface area contributed by atoms with Crippen molar-refractivity contribution in [1.82, 2.24) is 0 Å². The number of carbonyl (C=O) groups excluding carboxylic acids is 1. The van der Waals surface area contributed by atoms with Crippen LogP contribution in [0.15, 0.2) is 54.6 Å². The maximum Gasteiger partial charge on any atom is 0.268 e. The van der Waals surface area contributed by atoms with Crippen molar-refractivity contribution in [3.63, 3.8) is 0 Å². The smallest absolute Gasteiger partial charge is 0.268 e. The van der Waals surface area contributed by atoms with E-state index in [0.717, 1.165) is 17.0 Å². The van der Waals surface area contributed by atoms with Gasteiger partial charge >= 0.3 is 0 Å². The van der Waals surface area contributed by atoms with E-state index in [2.05, 4.69) is 0 Å². The molecule has 0 aromatic heterocycles. The first-order valence-electron chi connectivity index (χ1n) is 7.76. The van der Waals surface area contributed by atoms with Crippen LogP contribution in [0.3, 0.4) is 0 Å². The molecule has 116 valence electrons. The Hall–Kier alpha value is -2.29. The predicted octanol–water partition coefficient (Wildman–Crippen LogP) is 4.21. The van der Waals surface area contributed by atoms with Crippen LogP contribution in [-0.4, -0.2) is 18.6 Å². The fraction of sp³-hybridized carbons (Fsp3) is 0.316. The summed E-state index contributed by atoms with van der Waals surface area (Å²) in [7, 11) is 0. The maximum absolute atomic E-state index is 12.9. The summed E-state index contributed by atoms with van der Waals surface area (Å²) in [6.07, 6.45) is 0.165. The van der Waals surface area contributed by atoms with Gasteiger partial charge in [0.25, 0.3) is 5.91 Å². The molecule has 0 aliphatic heterocycles. The largest absolute Gasteiger partial charge is 0.481 e. The van der Waals surface area contributed by atoms with Crippen LogP contribution in [0.25, 0.3) is 0 Å². The minimum Gasteiger partial charge on any atom is -0.481 e. The number of nitrogens with zero attached hydrogens (tertiary/aromatic N) is 1. The second-order valence-electron chi connectivity index (χ2n) is 5.20. The summed E-state index contributed by atoms with van der Waals surface area (Å²) >= 11 is 0. The lowest BCUT2D eigenvalue weighted by atomic mass is 10.1.